The highest BCUT2D eigenvalue weighted by Crippen LogP contribution is 2.22. The van der Waals surface area contributed by atoms with Crippen molar-refractivity contribution < 1.29 is 14.7 Å². The average Bonchev–Trinajstić information content (AvgIpc) is 2.12. The Labute approximate surface area is 89.0 Å². The van der Waals surface area contributed by atoms with E-state index in [2.05, 4.69) is 0 Å². The largest absolute Gasteiger partial charge is 0.465 e. The Morgan fingerprint density at radius 3 is 2.67 bits per heavy atom. The van der Waals surface area contributed by atoms with Crippen molar-refractivity contribution in [3.05, 3.63) is 11.9 Å². The number of piperidine rings is 1. The smallest absolute Gasteiger partial charge is 0.411 e. The average molecular weight is 212 g/mol. The highest BCUT2D eigenvalue weighted by atomic mass is 16.4. The summed E-state index contributed by atoms with van der Waals surface area (Å²) in [5.41, 5.74) is 0.270. The van der Waals surface area contributed by atoms with Crippen molar-refractivity contribution in [2.24, 2.45) is 5.92 Å². The lowest BCUT2D eigenvalue weighted by Gasteiger charge is -2.30. The monoisotopic (exact) mass is 212 g/mol. The van der Waals surface area contributed by atoms with Crippen LogP contribution in [0.5, 0.6) is 0 Å². The Balaban J connectivity index is 3.00. The van der Waals surface area contributed by atoms with Gasteiger partial charge in [0.25, 0.3) is 0 Å². The zero-order valence-electron chi connectivity index (χ0n) is 9.23. The summed E-state index contributed by atoms with van der Waals surface area (Å²) >= 11 is 0. The molecule has 0 saturated carbocycles. The molecule has 15 heavy (non-hydrogen) atoms. The van der Waals surface area contributed by atoms with Crippen LogP contribution in [0.2, 0.25) is 0 Å². The first kappa shape index (κ1) is 11.6. The van der Waals surface area contributed by atoms with Gasteiger partial charge < -0.3 is 10.0 Å². The first-order valence-electron chi connectivity index (χ1n) is 4.86. The molecule has 1 saturated heterocycles. The van der Waals surface area contributed by atoms with E-state index in [9.17, 15) is 9.59 Å². The molecular formula is C10H16N2O3. The number of carbonyl (C=O) groups is 2. The summed E-state index contributed by atoms with van der Waals surface area (Å²) in [6.07, 6.45) is 1.09. The highest BCUT2D eigenvalue weighted by molar-refractivity contribution is 5.99. The Kier molecular flexibility index (Phi) is 3.34. The topological polar surface area (TPSA) is 60.9 Å². The fourth-order valence-electron chi connectivity index (χ4n) is 1.54. The van der Waals surface area contributed by atoms with Crippen molar-refractivity contribution in [1.82, 2.24) is 9.80 Å². The van der Waals surface area contributed by atoms with Crippen LogP contribution in [-0.2, 0) is 4.79 Å². The molecule has 84 valence electrons. The van der Waals surface area contributed by atoms with Crippen LogP contribution in [0.25, 0.3) is 0 Å². The molecule has 0 aromatic carbocycles. The second-order valence-corrected chi connectivity index (χ2v) is 3.97. The Morgan fingerprint density at radius 2 is 2.20 bits per heavy atom. The van der Waals surface area contributed by atoms with Crippen molar-refractivity contribution in [3.63, 3.8) is 0 Å². The van der Waals surface area contributed by atoms with Gasteiger partial charge in [0, 0.05) is 32.8 Å². The van der Waals surface area contributed by atoms with Gasteiger partial charge >= 0.3 is 6.09 Å². The molecular weight excluding hydrogens is 196 g/mol. The third-order valence-corrected chi connectivity index (χ3v) is 2.39. The lowest BCUT2D eigenvalue weighted by molar-refractivity contribution is -0.122. The third-order valence-electron chi connectivity index (χ3n) is 2.39. The lowest BCUT2D eigenvalue weighted by Crippen LogP contribution is -2.41. The van der Waals surface area contributed by atoms with Gasteiger partial charge in [-0.05, 0) is 6.42 Å². The minimum absolute atomic E-state index is 0.0909. The van der Waals surface area contributed by atoms with E-state index in [0.29, 0.717) is 13.0 Å². The van der Waals surface area contributed by atoms with E-state index in [1.54, 1.807) is 25.2 Å². The highest BCUT2D eigenvalue weighted by Gasteiger charge is 2.32. The van der Waals surface area contributed by atoms with Crippen LogP contribution < -0.4 is 0 Å². The van der Waals surface area contributed by atoms with Gasteiger partial charge in [0.2, 0.25) is 0 Å². The minimum Gasteiger partial charge on any atom is -0.465 e. The molecule has 1 rings (SSSR count). The predicted octanol–water partition coefficient (Wildman–Crippen LogP) is 0.978. The molecule has 1 aliphatic heterocycles. The molecule has 0 bridgehead atoms. The molecule has 1 atom stereocenters. The summed E-state index contributed by atoms with van der Waals surface area (Å²) in [4.78, 5) is 25.5. The molecule has 5 nitrogen and oxygen atoms in total. The van der Waals surface area contributed by atoms with Crippen LogP contribution in [0.1, 0.15) is 13.3 Å². The molecule has 1 amide bonds. The van der Waals surface area contributed by atoms with Crippen LogP contribution in [0.4, 0.5) is 4.79 Å². The number of rotatable bonds is 1. The Bertz CT molecular complexity index is 310. The standard InChI is InChI=1S/C10H16N2O3/c1-7-4-5-12(10(14)15)8(9(7)13)6-11(2)3/h6-7H,4-5H2,1-3H3,(H,14,15)/b8-6+. The second kappa shape index (κ2) is 4.33. The number of hydrogen-bond acceptors (Lipinski definition) is 3. The van der Waals surface area contributed by atoms with E-state index in [-0.39, 0.29) is 17.4 Å². The SMILES string of the molecule is CC1CCN(C(=O)O)/C(=C/N(C)C)C1=O. The van der Waals surface area contributed by atoms with Crippen molar-refractivity contribution in [2.45, 2.75) is 13.3 Å². The predicted molar refractivity (Wildman–Crippen MR) is 55.3 cm³/mol. The molecule has 1 fully saturated rings. The minimum atomic E-state index is -1.07. The quantitative estimate of drug-likeness (QED) is 0.658. The molecule has 0 radical (unpaired) electrons. The summed E-state index contributed by atoms with van der Waals surface area (Å²) in [6, 6.07) is 0. The number of hydrogen-bond donors (Lipinski definition) is 1. The van der Waals surface area contributed by atoms with Gasteiger partial charge in [0.1, 0.15) is 5.70 Å². The third kappa shape index (κ3) is 2.49. The van der Waals surface area contributed by atoms with E-state index in [1.807, 2.05) is 6.92 Å². The number of Topliss-reactive ketones (excluding diaryl/α,β-unsaturated/α-hetero) is 1. The van der Waals surface area contributed by atoms with Crippen LogP contribution >= 0.6 is 0 Å². The van der Waals surface area contributed by atoms with Gasteiger partial charge in [0.15, 0.2) is 5.78 Å². The number of allylic oxidation sites excluding steroid dienone is 1. The van der Waals surface area contributed by atoms with Gasteiger partial charge in [-0.25, -0.2) is 4.79 Å². The normalized spacial score (nSPS) is 24.5. The van der Waals surface area contributed by atoms with Crippen molar-refractivity contribution in [2.75, 3.05) is 20.6 Å². The van der Waals surface area contributed by atoms with E-state index in [1.165, 1.54) is 0 Å². The van der Waals surface area contributed by atoms with Gasteiger partial charge in [-0.15, -0.1) is 0 Å². The summed E-state index contributed by atoms with van der Waals surface area (Å²) < 4.78 is 0. The first-order chi connectivity index (χ1) is 6.93. The van der Waals surface area contributed by atoms with Crippen LogP contribution in [-0.4, -0.2) is 47.4 Å². The summed E-state index contributed by atoms with van der Waals surface area (Å²) in [6.45, 7) is 2.22. The number of carbonyl (C=O) groups excluding carboxylic acids is 1. The number of ketones is 1. The fourth-order valence-corrected chi connectivity index (χ4v) is 1.54. The molecule has 1 unspecified atom stereocenters. The van der Waals surface area contributed by atoms with E-state index in [0.717, 1.165) is 4.90 Å². The molecule has 0 aromatic rings. The van der Waals surface area contributed by atoms with Crippen molar-refractivity contribution in [1.29, 1.82) is 0 Å². The first-order valence-corrected chi connectivity index (χ1v) is 4.86. The van der Waals surface area contributed by atoms with Crippen LogP contribution in [0, 0.1) is 5.92 Å². The van der Waals surface area contributed by atoms with Crippen LogP contribution in [0.15, 0.2) is 11.9 Å². The van der Waals surface area contributed by atoms with E-state index >= 15 is 0 Å². The number of carboxylic acid groups (broad SMARTS) is 1. The fraction of sp³-hybridized carbons (Fsp3) is 0.600. The molecule has 0 aromatic heterocycles. The summed E-state index contributed by atoms with van der Waals surface area (Å²) in [5, 5.41) is 8.94. The maximum Gasteiger partial charge on any atom is 0.411 e. The Morgan fingerprint density at radius 1 is 1.60 bits per heavy atom. The van der Waals surface area contributed by atoms with Gasteiger partial charge in [-0.2, -0.15) is 0 Å². The summed E-state index contributed by atoms with van der Waals surface area (Å²) in [5.74, 6) is -0.191. The maximum absolute atomic E-state index is 11.8. The molecule has 1 heterocycles. The molecule has 1 N–H and O–H groups in total. The van der Waals surface area contributed by atoms with Gasteiger partial charge in [-0.3, -0.25) is 9.69 Å². The van der Waals surface area contributed by atoms with E-state index in [4.69, 9.17) is 5.11 Å². The number of likely N-dealkylation sites (tertiary alicyclic amines) is 1. The van der Waals surface area contributed by atoms with Crippen molar-refractivity contribution >= 4 is 11.9 Å². The number of amides is 1. The van der Waals surface area contributed by atoms with E-state index < -0.39 is 6.09 Å². The van der Waals surface area contributed by atoms with Gasteiger partial charge in [-0.1, -0.05) is 6.92 Å². The molecule has 5 heteroatoms. The summed E-state index contributed by atoms with van der Waals surface area (Å²) in [7, 11) is 3.53. The van der Waals surface area contributed by atoms with Crippen LogP contribution in [0.3, 0.4) is 0 Å². The molecule has 0 aliphatic carbocycles. The lowest BCUT2D eigenvalue weighted by atomic mass is 9.95. The number of nitrogens with zero attached hydrogens (tertiary/aromatic N) is 2. The van der Waals surface area contributed by atoms with Gasteiger partial charge in [0.05, 0.1) is 0 Å². The maximum atomic E-state index is 11.8. The zero-order chi connectivity index (χ0) is 11.6. The molecule has 1 aliphatic rings. The zero-order valence-corrected chi connectivity index (χ0v) is 9.23. The second-order valence-electron chi connectivity index (χ2n) is 3.97. The van der Waals surface area contributed by atoms with Crippen molar-refractivity contribution in [3.8, 4) is 0 Å². The Hall–Kier alpha value is -1.52. The molecule has 0 spiro atoms.